The van der Waals surface area contributed by atoms with Gasteiger partial charge in [0.2, 0.25) is 0 Å². The van der Waals surface area contributed by atoms with Crippen LogP contribution in [0.3, 0.4) is 0 Å². The molecule has 21 heavy (non-hydrogen) atoms. The topological polar surface area (TPSA) is 29.1 Å². The number of carbonyl (C=O) groups excluding carboxylic acids is 1. The molecule has 1 N–H and O–H groups in total. The minimum Gasteiger partial charge on any atom is -0.321 e. The lowest BCUT2D eigenvalue weighted by Crippen LogP contribution is -2.13. The Labute approximate surface area is 125 Å². The molecule has 0 aliphatic heterocycles. The minimum atomic E-state index is -0.783. The molecule has 5 heteroatoms. The van der Waals surface area contributed by atoms with Crippen molar-refractivity contribution in [2.45, 2.75) is 4.90 Å². The van der Waals surface area contributed by atoms with Crippen molar-refractivity contribution in [2.24, 2.45) is 0 Å². The molecule has 2 aromatic rings. The van der Waals surface area contributed by atoms with Crippen LogP contribution in [0.4, 0.5) is 14.5 Å². The minimum absolute atomic E-state index is 0.0592. The van der Waals surface area contributed by atoms with E-state index in [9.17, 15) is 13.6 Å². The number of hydrogen-bond donors (Lipinski definition) is 1. The van der Waals surface area contributed by atoms with Crippen molar-refractivity contribution >= 4 is 23.4 Å². The zero-order valence-corrected chi connectivity index (χ0v) is 11.9. The van der Waals surface area contributed by atoms with Crippen molar-refractivity contribution in [3.05, 3.63) is 72.3 Å². The molecule has 0 aliphatic rings. The molecular formula is C16H13F2NOS. The van der Waals surface area contributed by atoms with Gasteiger partial charge in [0.05, 0.1) is 5.69 Å². The van der Waals surface area contributed by atoms with E-state index >= 15 is 0 Å². The first kappa shape index (κ1) is 15.3. The Balaban J connectivity index is 2.21. The Morgan fingerprint density at radius 3 is 2.52 bits per heavy atom. The Bertz CT molecular complexity index is 653. The smallest absolute Gasteiger partial charge is 0.255 e. The van der Waals surface area contributed by atoms with Crippen LogP contribution >= 0.6 is 11.8 Å². The normalized spacial score (nSPS) is 10.2. The first-order valence-electron chi connectivity index (χ1n) is 6.20. The maximum atomic E-state index is 13.1. The van der Waals surface area contributed by atoms with E-state index in [2.05, 4.69) is 11.9 Å². The van der Waals surface area contributed by atoms with Crippen molar-refractivity contribution in [2.75, 3.05) is 11.1 Å². The number of amides is 1. The van der Waals surface area contributed by atoms with Crippen molar-refractivity contribution in [1.82, 2.24) is 0 Å². The molecule has 0 unspecified atom stereocenters. The number of rotatable bonds is 5. The van der Waals surface area contributed by atoms with Crippen LogP contribution in [0.1, 0.15) is 10.4 Å². The van der Waals surface area contributed by atoms with Crippen LogP contribution in [-0.4, -0.2) is 11.7 Å². The maximum Gasteiger partial charge on any atom is 0.255 e. The molecule has 0 aliphatic carbocycles. The van der Waals surface area contributed by atoms with Gasteiger partial charge in [0, 0.05) is 22.3 Å². The summed E-state index contributed by atoms with van der Waals surface area (Å²) in [6, 6.07) is 9.94. The summed E-state index contributed by atoms with van der Waals surface area (Å²) in [6.45, 7) is 3.64. The van der Waals surface area contributed by atoms with E-state index in [1.54, 1.807) is 18.2 Å². The summed E-state index contributed by atoms with van der Waals surface area (Å²) in [4.78, 5) is 12.9. The molecule has 2 aromatic carbocycles. The van der Waals surface area contributed by atoms with Crippen LogP contribution in [0.5, 0.6) is 0 Å². The van der Waals surface area contributed by atoms with Crippen molar-refractivity contribution in [3.63, 3.8) is 0 Å². The molecule has 0 bridgehead atoms. The predicted octanol–water partition coefficient (Wildman–Crippen LogP) is 4.50. The quantitative estimate of drug-likeness (QED) is 0.651. The standard InChI is InChI=1S/C16H13F2NOS/c1-2-7-21-15-6-4-3-5-14(15)19-16(20)11-8-12(17)10-13(18)9-11/h2-6,8-10H,1,7H2,(H,19,20). The Morgan fingerprint density at radius 1 is 1.19 bits per heavy atom. The molecule has 0 fully saturated rings. The fraction of sp³-hybridized carbons (Fsp3) is 0.0625. The Morgan fingerprint density at radius 2 is 1.86 bits per heavy atom. The van der Waals surface area contributed by atoms with E-state index in [1.165, 1.54) is 11.8 Å². The molecule has 0 saturated heterocycles. The highest BCUT2D eigenvalue weighted by Crippen LogP contribution is 2.27. The summed E-state index contributed by atoms with van der Waals surface area (Å²) >= 11 is 1.51. The highest BCUT2D eigenvalue weighted by Gasteiger charge is 2.11. The summed E-state index contributed by atoms with van der Waals surface area (Å²) in [7, 11) is 0. The molecule has 0 saturated carbocycles. The summed E-state index contributed by atoms with van der Waals surface area (Å²) in [6.07, 6.45) is 1.76. The molecule has 1 amide bonds. The van der Waals surface area contributed by atoms with E-state index in [-0.39, 0.29) is 5.56 Å². The van der Waals surface area contributed by atoms with Gasteiger partial charge in [0.1, 0.15) is 11.6 Å². The van der Waals surface area contributed by atoms with Crippen molar-refractivity contribution < 1.29 is 13.6 Å². The van der Waals surface area contributed by atoms with Gasteiger partial charge in [-0.2, -0.15) is 0 Å². The number of para-hydroxylation sites is 1. The largest absolute Gasteiger partial charge is 0.321 e. The zero-order valence-electron chi connectivity index (χ0n) is 11.1. The molecule has 0 spiro atoms. The van der Waals surface area contributed by atoms with Gasteiger partial charge in [0.15, 0.2) is 0 Å². The third kappa shape index (κ3) is 4.16. The zero-order chi connectivity index (χ0) is 15.2. The van der Waals surface area contributed by atoms with Crippen LogP contribution < -0.4 is 5.32 Å². The van der Waals surface area contributed by atoms with Gasteiger partial charge in [-0.3, -0.25) is 4.79 Å². The SMILES string of the molecule is C=CCSc1ccccc1NC(=O)c1cc(F)cc(F)c1. The number of nitrogens with one attached hydrogen (secondary N) is 1. The molecule has 0 heterocycles. The third-order valence-electron chi connectivity index (χ3n) is 2.62. The first-order valence-corrected chi connectivity index (χ1v) is 7.19. The summed E-state index contributed by atoms with van der Waals surface area (Å²) in [5.41, 5.74) is 0.537. The average molecular weight is 305 g/mol. The first-order chi connectivity index (χ1) is 10.1. The summed E-state index contributed by atoms with van der Waals surface area (Å²) in [5.74, 6) is -1.43. The maximum absolute atomic E-state index is 13.1. The number of thioether (sulfide) groups is 1. The number of halogens is 2. The lowest BCUT2D eigenvalue weighted by atomic mass is 10.2. The fourth-order valence-corrected chi connectivity index (χ4v) is 2.47. The van der Waals surface area contributed by atoms with Gasteiger partial charge in [-0.25, -0.2) is 8.78 Å². The molecule has 2 nitrogen and oxygen atoms in total. The van der Waals surface area contributed by atoms with E-state index in [0.29, 0.717) is 11.4 Å². The second-order valence-electron chi connectivity index (χ2n) is 4.21. The molecule has 2 rings (SSSR count). The van der Waals surface area contributed by atoms with E-state index < -0.39 is 17.5 Å². The van der Waals surface area contributed by atoms with E-state index in [4.69, 9.17) is 0 Å². The Hall–Kier alpha value is -2.14. The molecular weight excluding hydrogens is 292 g/mol. The predicted molar refractivity (Wildman–Crippen MR) is 81.7 cm³/mol. The van der Waals surface area contributed by atoms with E-state index in [0.717, 1.165) is 23.1 Å². The number of hydrogen-bond acceptors (Lipinski definition) is 2. The van der Waals surface area contributed by atoms with Crippen LogP contribution in [0, 0.1) is 11.6 Å². The third-order valence-corrected chi connectivity index (χ3v) is 3.69. The molecule has 108 valence electrons. The Kier molecular flexibility index (Phi) is 5.11. The second-order valence-corrected chi connectivity index (χ2v) is 5.27. The van der Waals surface area contributed by atoms with Gasteiger partial charge < -0.3 is 5.32 Å². The van der Waals surface area contributed by atoms with Crippen molar-refractivity contribution in [1.29, 1.82) is 0 Å². The fourth-order valence-electron chi connectivity index (χ4n) is 1.72. The average Bonchev–Trinajstić information content (AvgIpc) is 2.45. The molecule has 0 aromatic heterocycles. The highest BCUT2D eigenvalue weighted by molar-refractivity contribution is 7.99. The van der Waals surface area contributed by atoms with Gasteiger partial charge in [0.25, 0.3) is 5.91 Å². The summed E-state index contributed by atoms with van der Waals surface area (Å²) < 4.78 is 26.3. The monoisotopic (exact) mass is 305 g/mol. The molecule has 0 radical (unpaired) electrons. The van der Waals surface area contributed by atoms with Crippen LogP contribution in [0.25, 0.3) is 0 Å². The van der Waals surface area contributed by atoms with Gasteiger partial charge in [-0.1, -0.05) is 18.2 Å². The van der Waals surface area contributed by atoms with Crippen LogP contribution in [0.15, 0.2) is 60.0 Å². The second kappa shape index (κ2) is 7.04. The van der Waals surface area contributed by atoms with E-state index in [1.807, 2.05) is 12.1 Å². The van der Waals surface area contributed by atoms with Crippen LogP contribution in [0.2, 0.25) is 0 Å². The van der Waals surface area contributed by atoms with Gasteiger partial charge in [-0.05, 0) is 24.3 Å². The van der Waals surface area contributed by atoms with Crippen molar-refractivity contribution in [3.8, 4) is 0 Å². The summed E-state index contributed by atoms with van der Waals surface area (Å²) in [5, 5.41) is 2.66. The molecule has 0 atom stereocenters. The number of benzene rings is 2. The highest BCUT2D eigenvalue weighted by atomic mass is 32.2. The van der Waals surface area contributed by atoms with Gasteiger partial charge in [-0.15, -0.1) is 18.3 Å². The lowest BCUT2D eigenvalue weighted by molar-refractivity contribution is 0.102. The van der Waals surface area contributed by atoms with Crippen LogP contribution in [-0.2, 0) is 0 Å². The number of carbonyl (C=O) groups is 1. The lowest BCUT2D eigenvalue weighted by Gasteiger charge is -2.10. The number of anilines is 1. The van der Waals surface area contributed by atoms with Gasteiger partial charge >= 0.3 is 0 Å².